The number of rotatable bonds is 18. The maximum atomic E-state index is 5.22. The highest BCUT2D eigenvalue weighted by Crippen LogP contribution is 2.25. The number of hydrogen-bond donors (Lipinski definition) is 2. The molecule has 57 heavy (non-hydrogen) atoms. The summed E-state index contributed by atoms with van der Waals surface area (Å²) >= 11 is 0. The van der Waals surface area contributed by atoms with Crippen LogP contribution < -0.4 is 33.8 Å². The number of methoxy groups -OCH3 is 2. The Bertz CT molecular complexity index is 2170. The molecule has 0 saturated carbocycles. The number of aromatic nitrogens is 4. The van der Waals surface area contributed by atoms with Crippen molar-refractivity contribution in [1.82, 2.24) is 4.57 Å². The summed E-state index contributed by atoms with van der Waals surface area (Å²) < 4.78 is 19.3. The van der Waals surface area contributed by atoms with Crippen LogP contribution in [-0.4, -0.2) is 18.8 Å². The zero-order chi connectivity index (χ0) is 39.1. The first-order valence-electron chi connectivity index (χ1n) is 19.0. The summed E-state index contributed by atoms with van der Waals surface area (Å²) in [5.41, 5.74) is 7.15. The van der Waals surface area contributed by atoms with E-state index in [0.29, 0.717) is 0 Å². The molecule has 0 radical (unpaired) electrons. The molecule has 0 fully saturated rings. The van der Waals surface area contributed by atoms with Gasteiger partial charge in [-0.15, -0.1) is 0 Å². The van der Waals surface area contributed by atoms with E-state index in [4.69, 9.17) is 9.47 Å². The standard InChI is InChI=1S/C45H45N10O2/c1-56-44-17-13-38(14-18-44)46-36-5-9-40(10-6-36)48-50-42-21-29-52(30-22-42)25-3-27-54-33-34-55(35-54)28-4-26-53-31-23-43(24-32-53)51-49-41-11-7-37(8-12-41)47-39-15-19-45(57-2)20-16-39/h5-24,29-35H,3-4,25-28H2,1-2H3/q+1/p+2. The molecule has 0 aliphatic heterocycles. The summed E-state index contributed by atoms with van der Waals surface area (Å²) in [6.45, 7) is 3.72. The summed E-state index contributed by atoms with van der Waals surface area (Å²) in [6, 6.07) is 39.4. The van der Waals surface area contributed by atoms with Crippen molar-refractivity contribution in [3.8, 4) is 11.5 Å². The van der Waals surface area contributed by atoms with Gasteiger partial charge in [-0.25, -0.2) is 18.3 Å². The Hall–Kier alpha value is -7.21. The number of azo groups is 2. The number of hydrogen-bond acceptors (Lipinski definition) is 8. The molecule has 286 valence electrons. The molecule has 7 rings (SSSR count). The van der Waals surface area contributed by atoms with E-state index in [1.165, 1.54) is 0 Å². The van der Waals surface area contributed by atoms with Crippen molar-refractivity contribution in [2.75, 3.05) is 24.9 Å². The smallest absolute Gasteiger partial charge is 0.243 e. The first-order valence-corrected chi connectivity index (χ1v) is 19.0. The normalized spacial score (nSPS) is 11.3. The Morgan fingerprint density at radius 1 is 0.439 bits per heavy atom. The molecule has 7 aromatic rings. The molecule has 0 aliphatic rings. The van der Waals surface area contributed by atoms with E-state index >= 15 is 0 Å². The molecule has 0 atom stereocenters. The van der Waals surface area contributed by atoms with Crippen LogP contribution in [0.3, 0.4) is 0 Å². The van der Waals surface area contributed by atoms with Gasteiger partial charge in [-0.3, -0.25) is 0 Å². The summed E-state index contributed by atoms with van der Waals surface area (Å²) in [5.74, 6) is 1.66. The van der Waals surface area contributed by atoms with E-state index in [-0.39, 0.29) is 0 Å². The Balaban J connectivity index is 0.784. The average Bonchev–Trinajstić information content (AvgIpc) is 3.72. The van der Waals surface area contributed by atoms with Crippen molar-refractivity contribution in [1.29, 1.82) is 0 Å². The van der Waals surface area contributed by atoms with Gasteiger partial charge < -0.3 is 20.1 Å². The predicted octanol–water partition coefficient (Wildman–Crippen LogP) is 9.87. The fourth-order valence-electron chi connectivity index (χ4n) is 6.04. The molecule has 2 N–H and O–H groups in total. The third kappa shape index (κ3) is 11.6. The molecule has 4 aromatic carbocycles. The third-order valence-electron chi connectivity index (χ3n) is 9.21. The van der Waals surface area contributed by atoms with Gasteiger partial charge in [0.1, 0.15) is 23.9 Å². The van der Waals surface area contributed by atoms with Gasteiger partial charge in [0.05, 0.1) is 50.1 Å². The lowest BCUT2D eigenvalue weighted by molar-refractivity contribution is -0.726. The minimum Gasteiger partial charge on any atom is -0.497 e. The zero-order valence-corrected chi connectivity index (χ0v) is 32.2. The maximum absolute atomic E-state index is 5.22. The van der Waals surface area contributed by atoms with Crippen LogP contribution in [0.1, 0.15) is 12.8 Å². The number of nitrogens with one attached hydrogen (secondary N) is 2. The second-order valence-corrected chi connectivity index (χ2v) is 13.4. The largest absolute Gasteiger partial charge is 0.497 e. The van der Waals surface area contributed by atoms with Gasteiger partial charge in [-0.1, -0.05) is 0 Å². The molecule has 12 nitrogen and oxygen atoms in total. The summed E-state index contributed by atoms with van der Waals surface area (Å²) in [7, 11) is 3.33. The SMILES string of the molecule is COc1ccc(Nc2ccc(/N=N\c3cc[n+](CCCn4cc[n+](CCC[n+]5ccc(/N=N\c6ccc(Nc7ccc(OC)cc7)cc6)cc5)c4)cc3)cc2)cc1. The molecule has 0 aliphatic carbocycles. The van der Waals surface area contributed by atoms with Crippen molar-refractivity contribution in [3.63, 3.8) is 0 Å². The maximum Gasteiger partial charge on any atom is 0.243 e. The van der Waals surface area contributed by atoms with Crippen molar-refractivity contribution in [3.05, 3.63) is 165 Å². The lowest BCUT2D eigenvalue weighted by atomic mass is 10.2. The van der Waals surface area contributed by atoms with Gasteiger partial charge in [0.2, 0.25) is 6.33 Å². The molecular weight excluding hydrogens is 713 g/mol. The topological polar surface area (TPSA) is 109 Å². The molecular formula is C45H47N10O2+3. The third-order valence-corrected chi connectivity index (χ3v) is 9.21. The van der Waals surface area contributed by atoms with Crippen molar-refractivity contribution in [2.45, 2.75) is 39.0 Å². The highest BCUT2D eigenvalue weighted by Gasteiger charge is 2.09. The van der Waals surface area contributed by atoms with E-state index in [9.17, 15) is 0 Å². The molecule has 3 aromatic heterocycles. The minimum atomic E-state index is 0.793. The highest BCUT2D eigenvalue weighted by atomic mass is 16.5. The Morgan fingerprint density at radius 3 is 1.23 bits per heavy atom. The van der Waals surface area contributed by atoms with Crippen LogP contribution in [0.15, 0.2) is 185 Å². The number of pyridine rings is 2. The second-order valence-electron chi connectivity index (χ2n) is 13.4. The average molecular weight is 760 g/mol. The van der Waals surface area contributed by atoms with Gasteiger partial charge in [0, 0.05) is 59.9 Å². The van der Waals surface area contributed by atoms with E-state index in [2.05, 4.69) is 92.9 Å². The fourth-order valence-corrected chi connectivity index (χ4v) is 6.04. The van der Waals surface area contributed by atoms with E-state index in [1.54, 1.807) is 14.2 Å². The number of nitrogens with zero attached hydrogens (tertiary/aromatic N) is 8. The number of anilines is 4. The molecule has 3 heterocycles. The van der Waals surface area contributed by atoms with E-state index in [1.807, 2.05) is 121 Å². The van der Waals surface area contributed by atoms with Crippen LogP contribution in [-0.2, 0) is 26.2 Å². The number of benzene rings is 4. The van der Waals surface area contributed by atoms with Crippen LogP contribution in [0.25, 0.3) is 0 Å². The van der Waals surface area contributed by atoms with Crippen molar-refractivity contribution < 1.29 is 23.2 Å². The number of aryl methyl sites for hydroxylation is 4. The lowest BCUT2D eigenvalue weighted by Gasteiger charge is -2.07. The van der Waals surface area contributed by atoms with Crippen LogP contribution >= 0.6 is 0 Å². The molecule has 0 spiro atoms. The van der Waals surface area contributed by atoms with Gasteiger partial charge in [0.25, 0.3) is 0 Å². The van der Waals surface area contributed by atoms with Gasteiger partial charge in [-0.2, -0.15) is 20.5 Å². The number of ether oxygens (including phenoxy) is 2. The van der Waals surface area contributed by atoms with Crippen LogP contribution in [0.4, 0.5) is 45.5 Å². The monoisotopic (exact) mass is 759 g/mol. The van der Waals surface area contributed by atoms with Gasteiger partial charge >= 0.3 is 0 Å². The van der Waals surface area contributed by atoms with E-state index < -0.39 is 0 Å². The van der Waals surface area contributed by atoms with Gasteiger partial charge in [0.15, 0.2) is 37.9 Å². The summed E-state index contributed by atoms with van der Waals surface area (Å²) in [6.07, 6.45) is 16.7. The van der Waals surface area contributed by atoms with Crippen LogP contribution in [0.5, 0.6) is 11.5 Å². The van der Waals surface area contributed by atoms with Crippen molar-refractivity contribution >= 4 is 45.5 Å². The Kier molecular flexibility index (Phi) is 13.0. The Labute approximate surface area is 333 Å². The predicted molar refractivity (Wildman–Crippen MR) is 221 cm³/mol. The lowest BCUT2D eigenvalue weighted by Crippen LogP contribution is -2.37. The molecule has 0 bridgehead atoms. The number of imidazole rings is 1. The Morgan fingerprint density at radius 2 is 0.807 bits per heavy atom. The first-order chi connectivity index (χ1) is 28.1. The quantitative estimate of drug-likeness (QED) is 0.0671. The molecule has 12 heteroatoms. The first kappa shape index (κ1) is 38.1. The fraction of sp³-hybridized carbons (Fsp3) is 0.178. The van der Waals surface area contributed by atoms with Crippen molar-refractivity contribution in [2.24, 2.45) is 20.5 Å². The summed E-state index contributed by atoms with van der Waals surface area (Å²) in [4.78, 5) is 0. The van der Waals surface area contributed by atoms with Gasteiger partial charge in [-0.05, 0) is 97.1 Å². The zero-order valence-electron chi connectivity index (χ0n) is 32.2. The highest BCUT2D eigenvalue weighted by molar-refractivity contribution is 5.63. The molecule has 0 unspecified atom stereocenters. The van der Waals surface area contributed by atoms with Crippen LogP contribution in [0.2, 0.25) is 0 Å². The molecule has 0 saturated heterocycles. The summed E-state index contributed by atoms with van der Waals surface area (Å²) in [5, 5.41) is 24.4. The van der Waals surface area contributed by atoms with Crippen LogP contribution in [0, 0.1) is 0 Å². The minimum absolute atomic E-state index is 0.793. The second kappa shape index (κ2) is 19.4. The molecule has 0 amide bonds. The van der Waals surface area contributed by atoms with E-state index in [0.717, 1.165) is 96.0 Å².